The minimum Gasteiger partial charge on any atom is -0.493 e. The van der Waals surface area contributed by atoms with Crippen LogP contribution < -0.4 is 9.47 Å². The van der Waals surface area contributed by atoms with Gasteiger partial charge in [0.2, 0.25) is 0 Å². The molecule has 18 heavy (non-hydrogen) atoms. The molecule has 0 amide bonds. The molecule has 5 heteroatoms. The maximum absolute atomic E-state index is 5.59. The maximum Gasteiger partial charge on any atom is 0.163 e. The van der Waals surface area contributed by atoms with Crippen LogP contribution in [-0.4, -0.2) is 32.4 Å². The Hall–Kier alpha value is -1.52. The molecule has 0 radical (unpaired) electrons. The average Bonchev–Trinajstić information content (AvgIpc) is 2.38. The lowest BCUT2D eigenvalue weighted by Crippen LogP contribution is -2.05. The van der Waals surface area contributed by atoms with Crippen LogP contribution >= 0.6 is 12.4 Å². The molecule has 0 bridgehead atoms. The van der Waals surface area contributed by atoms with Crippen molar-refractivity contribution in [2.24, 2.45) is 0 Å². The van der Waals surface area contributed by atoms with E-state index in [1.165, 1.54) is 0 Å². The smallest absolute Gasteiger partial charge is 0.163 e. The molecule has 0 saturated heterocycles. The Kier molecular flexibility index (Phi) is 5.68. The minimum absolute atomic E-state index is 0. The number of methoxy groups -OCH3 is 2. The largest absolute Gasteiger partial charge is 0.493 e. The number of nitrogens with zero attached hydrogens (tertiary/aromatic N) is 1. The number of aromatic nitrogens is 1. The monoisotopic (exact) mass is 269 g/mol. The normalized spacial score (nSPS) is 9.89. The Morgan fingerprint density at radius 3 is 2.67 bits per heavy atom. The van der Waals surface area contributed by atoms with Gasteiger partial charge in [-0.25, -0.2) is 0 Å². The molecule has 0 atom stereocenters. The summed E-state index contributed by atoms with van der Waals surface area (Å²) in [7, 11) is 3.27. The molecule has 0 aliphatic carbocycles. The molecule has 4 nitrogen and oxygen atoms in total. The van der Waals surface area contributed by atoms with Gasteiger partial charge in [0.15, 0.2) is 11.5 Å². The molecule has 2 rings (SSSR count). The van der Waals surface area contributed by atoms with E-state index in [-0.39, 0.29) is 12.4 Å². The zero-order valence-corrected chi connectivity index (χ0v) is 11.2. The Bertz CT molecular complexity index is 505. The summed E-state index contributed by atoms with van der Waals surface area (Å²) in [6.07, 6.45) is 1.76. The van der Waals surface area contributed by atoms with Crippen molar-refractivity contribution in [3.63, 3.8) is 0 Å². The SMILES string of the molecule is COCCOc1cc2ncccc2cc1OC.Cl. The van der Waals surface area contributed by atoms with E-state index in [1.807, 2.05) is 24.3 Å². The predicted octanol–water partition coefficient (Wildman–Crippen LogP) is 2.69. The van der Waals surface area contributed by atoms with Gasteiger partial charge >= 0.3 is 0 Å². The van der Waals surface area contributed by atoms with Crippen molar-refractivity contribution < 1.29 is 14.2 Å². The summed E-state index contributed by atoms with van der Waals surface area (Å²) < 4.78 is 15.8. The number of hydrogen-bond donors (Lipinski definition) is 0. The first-order chi connectivity index (χ1) is 8.35. The van der Waals surface area contributed by atoms with Gasteiger partial charge in [-0.3, -0.25) is 4.98 Å². The number of fused-ring (bicyclic) bond motifs is 1. The molecule has 0 unspecified atom stereocenters. The van der Waals surface area contributed by atoms with Crippen LogP contribution in [0.15, 0.2) is 30.5 Å². The molecular weight excluding hydrogens is 254 g/mol. The second kappa shape index (κ2) is 7.03. The Balaban J connectivity index is 0.00000162. The zero-order valence-electron chi connectivity index (χ0n) is 10.4. The van der Waals surface area contributed by atoms with Crippen molar-refractivity contribution in [2.45, 2.75) is 0 Å². The number of hydrogen-bond acceptors (Lipinski definition) is 4. The third kappa shape index (κ3) is 3.24. The van der Waals surface area contributed by atoms with Crippen LogP contribution in [0.25, 0.3) is 10.9 Å². The molecule has 0 saturated carbocycles. The van der Waals surface area contributed by atoms with Crippen molar-refractivity contribution in [3.05, 3.63) is 30.5 Å². The number of ether oxygens (including phenoxy) is 3. The Morgan fingerprint density at radius 2 is 1.94 bits per heavy atom. The van der Waals surface area contributed by atoms with E-state index in [4.69, 9.17) is 14.2 Å². The van der Waals surface area contributed by atoms with E-state index in [9.17, 15) is 0 Å². The molecule has 1 aromatic carbocycles. The molecule has 0 fully saturated rings. The molecule has 0 aliphatic rings. The van der Waals surface area contributed by atoms with Gasteiger partial charge < -0.3 is 14.2 Å². The maximum atomic E-state index is 5.59. The molecule has 0 spiro atoms. The summed E-state index contributed by atoms with van der Waals surface area (Å²) in [6, 6.07) is 7.69. The van der Waals surface area contributed by atoms with Gasteiger partial charge in [-0.05, 0) is 12.1 Å². The third-order valence-corrected chi connectivity index (χ3v) is 2.43. The van der Waals surface area contributed by atoms with Crippen LogP contribution in [0.2, 0.25) is 0 Å². The summed E-state index contributed by atoms with van der Waals surface area (Å²) in [5.74, 6) is 1.40. The Morgan fingerprint density at radius 1 is 1.11 bits per heavy atom. The standard InChI is InChI=1S/C13H15NO3.ClH/c1-15-6-7-17-13-9-11-10(4-3-5-14-11)8-12(13)16-2;/h3-5,8-9H,6-7H2,1-2H3;1H. The Labute approximate surface area is 112 Å². The molecule has 2 aromatic rings. The minimum atomic E-state index is 0. The fourth-order valence-corrected chi connectivity index (χ4v) is 1.59. The van der Waals surface area contributed by atoms with Crippen LogP contribution in [0, 0.1) is 0 Å². The van der Waals surface area contributed by atoms with Crippen molar-refractivity contribution in [1.29, 1.82) is 0 Å². The van der Waals surface area contributed by atoms with E-state index in [0.717, 1.165) is 10.9 Å². The lowest BCUT2D eigenvalue weighted by atomic mass is 10.2. The first kappa shape index (κ1) is 14.5. The van der Waals surface area contributed by atoms with E-state index < -0.39 is 0 Å². The summed E-state index contributed by atoms with van der Waals surface area (Å²) >= 11 is 0. The topological polar surface area (TPSA) is 40.6 Å². The molecule has 1 aromatic heterocycles. The lowest BCUT2D eigenvalue weighted by Gasteiger charge is -2.11. The lowest BCUT2D eigenvalue weighted by molar-refractivity contribution is 0.144. The number of pyridine rings is 1. The van der Waals surface area contributed by atoms with Gasteiger partial charge in [-0.15, -0.1) is 12.4 Å². The highest BCUT2D eigenvalue weighted by Gasteiger charge is 2.07. The molecule has 1 heterocycles. The van der Waals surface area contributed by atoms with Gasteiger partial charge in [-0.2, -0.15) is 0 Å². The molecule has 0 N–H and O–H groups in total. The first-order valence-corrected chi connectivity index (χ1v) is 5.39. The van der Waals surface area contributed by atoms with Crippen molar-refractivity contribution in [3.8, 4) is 11.5 Å². The van der Waals surface area contributed by atoms with Crippen molar-refractivity contribution in [1.82, 2.24) is 4.98 Å². The fraction of sp³-hybridized carbons (Fsp3) is 0.308. The van der Waals surface area contributed by atoms with Crippen LogP contribution in [0.5, 0.6) is 11.5 Å². The van der Waals surface area contributed by atoms with Crippen LogP contribution in [0.1, 0.15) is 0 Å². The van der Waals surface area contributed by atoms with E-state index in [2.05, 4.69) is 4.98 Å². The summed E-state index contributed by atoms with van der Waals surface area (Å²) in [5, 5.41) is 1.03. The van der Waals surface area contributed by atoms with E-state index in [1.54, 1.807) is 20.4 Å². The highest BCUT2D eigenvalue weighted by Crippen LogP contribution is 2.31. The highest BCUT2D eigenvalue weighted by atomic mass is 35.5. The molecule has 98 valence electrons. The van der Waals surface area contributed by atoms with Gasteiger partial charge in [0.25, 0.3) is 0 Å². The zero-order chi connectivity index (χ0) is 12.1. The van der Waals surface area contributed by atoms with Gasteiger partial charge in [0.1, 0.15) is 6.61 Å². The summed E-state index contributed by atoms with van der Waals surface area (Å²) in [6.45, 7) is 1.04. The summed E-state index contributed by atoms with van der Waals surface area (Å²) in [4.78, 5) is 4.28. The van der Waals surface area contributed by atoms with Gasteiger partial charge in [-0.1, -0.05) is 6.07 Å². The first-order valence-electron chi connectivity index (χ1n) is 5.39. The molecule has 0 aliphatic heterocycles. The molecular formula is C13H16ClNO3. The average molecular weight is 270 g/mol. The third-order valence-electron chi connectivity index (χ3n) is 2.43. The predicted molar refractivity (Wildman–Crippen MR) is 72.9 cm³/mol. The fourth-order valence-electron chi connectivity index (χ4n) is 1.59. The van der Waals surface area contributed by atoms with Crippen LogP contribution in [0.4, 0.5) is 0 Å². The van der Waals surface area contributed by atoms with Crippen molar-refractivity contribution >= 4 is 23.3 Å². The number of halogens is 1. The van der Waals surface area contributed by atoms with Crippen LogP contribution in [0.3, 0.4) is 0 Å². The quantitative estimate of drug-likeness (QED) is 0.783. The van der Waals surface area contributed by atoms with Gasteiger partial charge in [0.05, 0.1) is 19.2 Å². The van der Waals surface area contributed by atoms with Crippen LogP contribution in [-0.2, 0) is 4.74 Å². The summed E-state index contributed by atoms with van der Waals surface area (Å²) in [5.41, 5.74) is 0.890. The van der Waals surface area contributed by atoms with Crippen molar-refractivity contribution in [2.75, 3.05) is 27.4 Å². The highest BCUT2D eigenvalue weighted by molar-refractivity contribution is 5.85. The second-order valence-corrected chi connectivity index (χ2v) is 3.54. The second-order valence-electron chi connectivity index (χ2n) is 3.54. The van der Waals surface area contributed by atoms with E-state index >= 15 is 0 Å². The van der Waals surface area contributed by atoms with Gasteiger partial charge in [0, 0.05) is 24.8 Å². The number of rotatable bonds is 5. The number of benzene rings is 1. The van der Waals surface area contributed by atoms with E-state index in [0.29, 0.717) is 24.7 Å².